The summed E-state index contributed by atoms with van der Waals surface area (Å²) in [4.78, 5) is 7.42. The van der Waals surface area contributed by atoms with Gasteiger partial charge in [0, 0.05) is 38.2 Å². The summed E-state index contributed by atoms with van der Waals surface area (Å²) in [5.41, 5.74) is 0.414. The average molecular weight is 439 g/mol. The van der Waals surface area contributed by atoms with Crippen molar-refractivity contribution in [2.75, 3.05) is 50.9 Å². The standard InChI is InChI=1S/C16H29N3OS.HI/c1-2-17-15(18-11-14-3-9-21-10-4-14)19-7-5-16(12-19)6-8-20-13-16;/h14H,2-13H2,1H3,(H,17,18);1H. The van der Waals surface area contributed by atoms with Gasteiger partial charge in [0.2, 0.25) is 0 Å². The monoisotopic (exact) mass is 439 g/mol. The molecule has 1 N–H and O–H groups in total. The van der Waals surface area contributed by atoms with Gasteiger partial charge in [-0.3, -0.25) is 4.99 Å². The summed E-state index contributed by atoms with van der Waals surface area (Å²) in [6.07, 6.45) is 5.16. The Morgan fingerprint density at radius 2 is 2.18 bits per heavy atom. The molecule has 0 saturated carbocycles. The molecule has 4 nitrogen and oxygen atoms in total. The molecule has 3 saturated heterocycles. The maximum atomic E-state index is 5.64. The van der Waals surface area contributed by atoms with Crippen molar-refractivity contribution in [3.8, 4) is 0 Å². The highest BCUT2D eigenvalue weighted by atomic mass is 127. The SMILES string of the molecule is CCNC(=NCC1CCSCC1)N1CCC2(CCOC2)C1.I. The van der Waals surface area contributed by atoms with E-state index in [0.29, 0.717) is 5.41 Å². The minimum Gasteiger partial charge on any atom is -0.381 e. The van der Waals surface area contributed by atoms with Crippen molar-refractivity contribution in [2.45, 2.75) is 32.6 Å². The lowest BCUT2D eigenvalue weighted by atomic mass is 9.87. The maximum Gasteiger partial charge on any atom is 0.193 e. The van der Waals surface area contributed by atoms with E-state index in [0.717, 1.165) is 51.3 Å². The number of rotatable bonds is 3. The van der Waals surface area contributed by atoms with Gasteiger partial charge in [-0.05, 0) is 50.0 Å². The Morgan fingerprint density at radius 1 is 1.36 bits per heavy atom. The number of nitrogens with zero attached hydrogens (tertiary/aromatic N) is 2. The van der Waals surface area contributed by atoms with E-state index in [9.17, 15) is 0 Å². The number of halogens is 1. The summed E-state index contributed by atoms with van der Waals surface area (Å²) < 4.78 is 5.64. The fraction of sp³-hybridized carbons (Fsp3) is 0.938. The van der Waals surface area contributed by atoms with E-state index in [1.54, 1.807) is 0 Å². The van der Waals surface area contributed by atoms with Crippen molar-refractivity contribution < 1.29 is 4.74 Å². The molecule has 22 heavy (non-hydrogen) atoms. The molecule has 0 amide bonds. The first-order valence-corrected chi connectivity index (χ1v) is 9.65. The van der Waals surface area contributed by atoms with E-state index >= 15 is 0 Å². The smallest absolute Gasteiger partial charge is 0.193 e. The van der Waals surface area contributed by atoms with Gasteiger partial charge in [0.25, 0.3) is 0 Å². The van der Waals surface area contributed by atoms with Gasteiger partial charge in [0.15, 0.2) is 5.96 Å². The molecule has 0 aromatic carbocycles. The summed E-state index contributed by atoms with van der Waals surface area (Å²) >= 11 is 2.09. The van der Waals surface area contributed by atoms with Crippen LogP contribution in [0.1, 0.15) is 32.6 Å². The molecule has 128 valence electrons. The third-order valence-electron chi connectivity index (χ3n) is 5.10. The molecule has 1 unspecified atom stereocenters. The predicted molar refractivity (Wildman–Crippen MR) is 106 cm³/mol. The van der Waals surface area contributed by atoms with E-state index in [-0.39, 0.29) is 24.0 Å². The van der Waals surface area contributed by atoms with Crippen molar-refractivity contribution in [3.05, 3.63) is 0 Å². The lowest BCUT2D eigenvalue weighted by molar-refractivity contribution is 0.156. The molecule has 3 rings (SSSR count). The molecule has 0 aromatic rings. The van der Waals surface area contributed by atoms with Crippen molar-refractivity contribution in [1.82, 2.24) is 10.2 Å². The second-order valence-corrected chi connectivity index (χ2v) is 7.95. The van der Waals surface area contributed by atoms with Crippen LogP contribution in [-0.4, -0.2) is 61.8 Å². The predicted octanol–water partition coefficient (Wildman–Crippen LogP) is 2.83. The highest BCUT2D eigenvalue weighted by Gasteiger charge is 2.42. The molecule has 0 radical (unpaired) electrons. The minimum atomic E-state index is 0. The Balaban J connectivity index is 0.00000176. The molecule has 6 heteroatoms. The second kappa shape index (κ2) is 8.97. The summed E-state index contributed by atoms with van der Waals surface area (Å²) in [6.45, 7) is 8.28. The molecule has 3 heterocycles. The van der Waals surface area contributed by atoms with Crippen LogP contribution in [0.2, 0.25) is 0 Å². The first-order valence-electron chi connectivity index (χ1n) is 8.50. The van der Waals surface area contributed by atoms with Crippen LogP contribution in [0.15, 0.2) is 4.99 Å². The fourth-order valence-electron chi connectivity index (χ4n) is 3.66. The number of hydrogen-bond acceptors (Lipinski definition) is 3. The van der Waals surface area contributed by atoms with E-state index in [1.807, 2.05) is 0 Å². The number of thioether (sulfide) groups is 1. The molecule has 0 aliphatic carbocycles. The molecule has 1 spiro atoms. The Morgan fingerprint density at radius 3 is 2.86 bits per heavy atom. The maximum absolute atomic E-state index is 5.64. The number of ether oxygens (including phenoxy) is 1. The quantitative estimate of drug-likeness (QED) is 0.417. The van der Waals surface area contributed by atoms with Crippen molar-refractivity contribution in [3.63, 3.8) is 0 Å². The van der Waals surface area contributed by atoms with Crippen molar-refractivity contribution in [1.29, 1.82) is 0 Å². The van der Waals surface area contributed by atoms with Gasteiger partial charge in [0.05, 0.1) is 6.61 Å². The van der Waals surface area contributed by atoms with E-state index in [1.165, 1.54) is 37.2 Å². The van der Waals surface area contributed by atoms with E-state index in [4.69, 9.17) is 9.73 Å². The topological polar surface area (TPSA) is 36.9 Å². The average Bonchev–Trinajstić information content (AvgIpc) is 3.15. The Kier molecular flexibility index (Phi) is 7.60. The summed E-state index contributed by atoms with van der Waals surface area (Å²) in [7, 11) is 0. The number of nitrogens with one attached hydrogen (secondary N) is 1. The highest BCUT2D eigenvalue weighted by Crippen LogP contribution is 2.38. The van der Waals surface area contributed by atoms with E-state index < -0.39 is 0 Å². The number of hydrogen-bond donors (Lipinski definition) is 1. The second-order valence-electron chi connectivity index (χ2n) is 6.72. The Labute approximate surface area is 156 Å². The zero-order chi connectivity index (χ0) is 14.5. The molecule has 3 aliphatic rings. The van der Waals surface area contributed by atoms with Crippen molar-refractivity contribution in [2.24, 2.45) is 16.3 Å². The zero-order valence-electron chi connectivity index (χ0n) is 13.7. The van der Waals surface area contributed by atoms with Gasteiger partial charge >= 0.3 is 0 Å². The van der Waals surface area contributed by atoms with Crippen LogP contribution < -0.4 is 5.32 Å². The largest absolute Gasteiger partial charge is 0.381 e. The first kappa shape index (κ1) is 18.6. The Bertz CT molecular complexity index is 368. The highest BCUT2D eigenvalue weighted by molar-refractivity contribution is 14.0. The summed E-state index contributed by atoms with van der Waals surface area (Å²) in [6, 6.07) is 0. The van der Waals surface area contributed by atoms with Gasteiger partial charge in [-0.2, -0.15) is 11.8 Å². The van der Waals surface area contributed by atoms with Crippen molar-refractivity contribution >= 4 is 41.7 Å². The molecule has 1 atom stereocenters. The first-order chi connectivity index (χ1) is 10.3. The van der Waals surface area contributed by atoms with Crippen LogP contribution in [-0.2, 0) is 4.74 Å². The minimum absolute atomic E-state index is 0. The van der Waals surface area contributed by atoms with Crippen LogP contribution in [0.3, 0.4) is 0 Å². The summed E-state index contributed by atoms with van der Waals surface area (Å²) in [5.74, 6) is 4.58. The number of guanidine groups is 1. The number of aliphatic imine (C=N–C) groups is 1. The number of likely N-dealkylation sites (tertiary alicyclic amines) is 1. The van der Waals surface area contributed by atoms with Crippen LogP contribution in [0.4, 0.5) is 0 Å². The molecular formula is C16H30IN3OS. The van der Waals surface area contributed by atoms with Crippen LogP contribution in [0.5, 0.6) is 0 Å². The molecule has 0 bridgehead atoms. The van der Waals surface area contributed by atoms with Crippen LogP contribution >= 0.6 is 35.7 Å². The Hall–Kier alpha value is 0.310. The van der Waals surface area contributed by atoms with E-state index in [2.05, 4.69) is 28.9 Å². The molecule has 3 fully saturated rings. The molecular weight excluding hydrogens is 409 g/mol. The van der Waals surface area contributed by atoms with Gasteiger partial charge in [-0.25, -0.2) is 0 Å². The van der Waals surface area contributed by atoms with Crippen LogP contribution in [0.25, 0.3) is 0 Å². The third kappa shape index (κ3) is 4.66. The molecule has 0 aromatic heterocycles. The fourth-order valence-corrected chi connectivity index (χ4v) is 4.86. The third-order valence-corrected chi connectivity index (χ3v) is 6.15. The van der Waals surface area contributed by atoms with Gasteiger partial charge in [-0.1, -0.05) is 0 Å². The normalized spacial score (nSPS) is 29.9. The van der Waals surface area contributed by atoms with Crippen LogP contribution in [0, 0.1) is 11.3 Å². The van der Waals surface area contributed by atoms with Gasteiger partial charge < -0.3 is 15.0 Å². The molecule has 3 aliphatic heterocycles. The van der Waals surface area contributed by atoms with Gasteiger partial charge in [-0.15, -0.1) is 24.0 Å². The zero-order valence-corrected chi connectivity index (χ0v) is 16.8. The van der Waals surface area contributed by atoms with Gasteiger partial charge in [0.1, 0.15) is 0 Å². The summed E-state index contributed by atoms with van der Waals surface area (Å²) in [5, 5.41) is 3.50. The lowest BCUT2D eigenvalue weighted by Gasteiger charge is -2.26. The lowest BCUT2D eigenvalue weighted by Crippen LogP contribution is -2.41.